The number of benzene rings is 3. The molecule has 2 fully saturated rings. The van der Waals surface area contributed by atoms with E-state index in [-0.39, 0.29) is 55.7 Å². The number of hydrogen-bond donors (Lipinski definition) is 1. The van der Waals surface area contributed by atoms with Gasteiger partial charge >= 0.3 is 23.9 Å². The number of nitriles is 1. The molecule has 2 unspecified atom stereocenters. The second kappa shape index (κ2) is 22.1. The number of likely N-dealkylation sites (N-methyl/N-ethyl adjacent to an activating group) is 1. The van der Waals surface area contributed by atoms with Gasteiger partial charge in [-0.2, -0.15) is 5.26 Å². The van der Waals surface area contributed by atoms with Gasteiger partial charge in [0, 0.05) is 66.4 Å². The molecule has 0 saturated carbocycles. The van der Waals surface area contributed by atoms with Crippen LogP contribution in [0.4, 0.5) is 0 Å². The van der Waals surface area contributed by atoms with Gasteiger partial charge in [-0.3, -0.25) is 29.5 Å². The van der Waals surface area contributed by atoms with Crippen LogP contribution in [-0.4, -0.2) is 98.8 Å². The largest absolute Gasteiger partial charge is 0.493 e. The Morgan fingerprint density at radius 3 is 2.19 bits per heavy atom. The normalized spacial score (nSPS) is 24.6. The molecule has 7 aliphatic heterocycles. The molecule has 0 amide bonds. The lowest BCUT2D eigenvalue weighted by atomic mass is 9.71. The first-order valence-corrected chi connectivity index (χ1v) is 27.3. The first kappa shape index (κ1) is 52.3. The minimum absolute atomic E-state index is 0.0860. The average Bonchev–Trinajstić information content (AvgIpc) is 3.86. The summed E-state index contributed by atoms with van der Waals surface area (Å²) in [4.78, 5) is 60.2. The smallest absolute Gasteiger partial charge is 0.331 e. The minimum atomic E-state index is -1.44. The van der Waals surface area contributed by atoms with Gasteiger partial charge in [0.15, 0.2) is 40.0 Å². The maximum Gasteiger partial charge on any atom is 0.331 e. The van der Waals surface area contributed by atoms with E-state index in [1.165, 1.54) is 25.8 Å². The highest BCUT2D eigenvalue weighted by Crippen LogP contribution is 2.65. The number of aryl methyl sites for hydroxylation is 1. The quantitative estimate of drug-likeness (QED) is 0.0766. The van der Waals surface area contributed by atoms with Gasteiger partial charge in [-0.25, -0.2) is 4.79 Å². The predicted octanol–water partition coefficient (Wildman–Crippen LogP) is 9.11. The summed E-state index contributed by atoms with van der Waals surface area (Å²) in [5, 5.41) is 14.4. The maximum absolute atomic E-state index is 15.3. The number of unbranched alkanes of at least 4 members (excludes halogenated alkanes) is 8. The standard InChI is InChI=1S/C56H70N4O12S/c1-9-11-13-15-17-19-42(62)71-41-25-34-21-22-58-56(36(34)26-40(41)65-7)29-73-54-46-45(52-51(68-30-69-52)32(4)50(46)70-33(5)61)39(28-67-55(56)64)60-38(27-57)37-24-35-23-31(3)49(66-8)53(44(35)47(48(54)60)59(37)6)72-43(63)20-18-16-14-12-10-2/h23,25-26,37-39,47-48,54,58H,9-22,24,28-30H2,1-8H3/t37?,38-,39-,47+,48?,54+,56+/m0/s1. The molecule has 16 nitrogen and oxygen atoms in total. The number of rotatable bonds is 17. The molecule has 392 valence electrons. The summed E-state index contributed by atoms with van der Waals surface area (Å²) in [5.74, 6) is 0.930. The van der Waals surface area contributed by atoms with Gasteiger partial charge in [0.2, 0.25) is 6.79 Å². The zero-order chi connectivity index (χ0) is 51.7. The highest BCUT2D eigenvalue weighted by atomic mass is 32.2. The number of fused-ring (bicyclic) bond motifs is 9. The van der Waals surface area contributed by atoms with E-state index < -0.39 is 46.9 Å². The highest BCUT2D eigenvalue weighted by Gasteiger charge is 2.62. The van der Waals surface area contributed by atoms with Gasteiger partial charge in [-0.15, -0.1) is 11.8 Å². The Balaban J connectivity index is 1.20. The lowest BCUT2D eigenvalue weighted by Gasteiger charge is -2.62. The highest BCUT2D eigenvalue weighted by molar-refractivity contribution is 7.99. The number of piperazine rings is 1. The summed E-state index contributed by atoms with van der Waals surface area (Å²) in [6, 6.07) is 5.35. The molecule has 4 bridgehead atoms. The average molecular weight is 1020 g/mol. The van der Waals surface area contributed by atoms with Crippen LogP contribution in [0.2, 0.25) is 0 Å². The molecule has 2 saturated heterocycles. The summed E-state index contributed by atoms with van der Waals surface area (Å²) in [7, 11) is 5.11. The molecule has 0 aromatic heterocycles. The van der Waals surface area contributed by atoms with E-state index in [2.05, 4.69) is 41.1 Å². The SMILES string of the molecule is CCCCCCCC(=O)Oc1cc2c(cc1OC)[C@@]1(CS[C@@H]3c4c(OC(C)=O)c(C)c5c(c4[C@H](COC1=O)N1C3[C@H]3c4c(cc(C)c(OC)c4OC(=O)CCCCCCC)CC([C@@H]1C#N)N3C)OCO5)NCC2. The Hall–Kier alpha value is -5.54. The van der Waals surface area contributed by atoms with Crippen molar-refractivity contribution in [2.24, 2.45) is 0 Å². The number of carbonyl (C=O) groups is 4. The van der Waals surface area contributed by atoms with E-state index in [1.807, 2.05) is 27.0 Å². The van der Waals surface area contributed by atoms with Crippen molar-refractivity contribution in [1.29, 1.82) is 5.26 Å². The van der Waals surface area contributed by atoms with Crippen molar-refractivity contribution >= 4 is 35.6 Å². The van der Waals surface area contributed by atoms with Crippen molar-refractivity contribution in [2.75, 3.05) is 47.0 Å². The van der Waals surface area contributed by atoms with Crippen LogP contribution in [0.1, 0.15) is 160 Å². The number of ether oxygens (including phenoxy) is 8. The van der Waals surface area contributed by atoms with E-state index in [0.717, 1.165) is 80.0 Å². The topological polar surface area (TPSA) is 184 Å². The van der Waals surface area contributed by atoms with Crippen LogP contribution < -0.4 is 38.5 Å². The van der Waals surface area contributed by atoms with Crippen molar-refractivity contribution < 1.29 is 57.1 Å². The summed E-state index contributed by atoms with van der Waals surface area (Å²) in [6.45, 7) is 9.56. The Labute approximate surface area is 433 Å². The number of nitrogens with zero attached hydrogens (tertiary/aromatic N) is 3. The molecular formula is C56H70N4O12S. The first-order chi connectivity index (χ1) is 35.3. The Bertz CT molecular complexity index is 2690. The second-order valence-electron chi connectivity index (χ2n) is 20.3. The molecule has 3 aromatic rings. The number of hydrogen-bond acceptors (Lipinski definition) is 17. The summed E-state index contributed by atoms with van der Waals surface area (Å²) in [6.07, 6.45) is 11.3. The van der Waals surface area contributed by atoms with Crippen LogP contribution in [-0.2, 0) is 42.3 Å². The number of thioether (sulfide) groups is 1. The van der Waals surface area contributed by atoms with E-state index in [0.29, 0.717) is 82.6 Å². The van der Waals surface area contributed by atoms with E-state index in [1.54, 1.807) is 13.2 Å². The zero-order valence-corrected chi connectivity index (χ0v) is 44.4. The molecule has 0 aliphatic carbocycles. The van der Waals surface area contributed by atoms with Gasteiger partial charge in [0.1, 0.15) is 18.4 Å². The fraction of sp³-hybridized carbons (Fsp3) is 0.589. The van der Waals surface area contributed by atoms with Crippen molar-refractivity contribution in [1.82, 2.24) is 15.1 Å². The molecule has 1 spiro atoms. The minimum Gasteiger partial charge on any atom is -0.493 e. The Kier molecular flexibility index (Phi) is 15.9. The number of nitrogens with one attached hydrogen (secondary N) is 1. The van der Waals surface area contributed by atoms with Crippen LogP contribution >= 0.6 is 11.8 Å². The molecule has 0 radical (unpaired) electrons. The second-order valence-corrected chi connectivity index (χ2v) is 21.5. The molecule has 10 rings (SSSR count). The first-order valence-electron chi connectivity index (χ1n) is 26.2. The van der Waals surface area contributed by atoms with Crippen molar-refractivity contribution in [2.45, 2.75) is 166 Å². The van der Waals surface area contributed by atoms with Crippen LogP contribution in [0.5, 0.6) is 40.2 Å². The third-order valence-corrected chi connectivity index (χ3v) is 17.3. The van der Waals surface area contributed by atoms with Gasteiger partial charge in [0.05, 0.1) is 37.6 Å². The van der Waals surface area contributed by atoms with Crippen molar-refractivity contribution in [3.63, 3.8) is 0 Å². The third kappa shape index (κ3) is 9.50. The molecule has 1 N–H and O–H groups in total. The molecule has 3 aromatic carbocycles. The molecule has 7 atom stereocenters. The van der Waals surface area contributed by atoms with E-state index in [9.17, 15) is 19.6 Å². The fourth-order valence-electron chi connectivity index (χ4n) is 12.4. The van der Waals surface area contributed by atoms with Gasteiger partial charge in [-0.1, -0.05) is 71.3 Å². The number of carbonyl (C=O) groups excluding carboxylic acids is 4. The molecule has 7 heterocycles. The van der Waals surface area contributed by atoms with Crippen LogP contribution in [0.25, 0.3) is 0 Å². The van der Waals surface area contributed by atoms with Gasteiger partial charge in [0.25, 0.3) is 0 Å². The number of esters is 4. The molecular weight excluding hydrogens is 953 g/mol. The molecule has 73 heavy (non-hydrogen) atoms. The van der Waals surface area contributed by atoms with Gasteiger partial charge < -0.3 is 37.9 Å². The predicted molar refractivity (Wildman–Crippen MR) is 273 cm³/mol. The van der Waals surface area contributed by atoms with Crippen LogP contribution in [0.3, 0.4) is 0 Å². The zero-order valence-electron chi connectivity index (χ0n) is 43.6. The monoisotopic (exact) mass is 1020 g/mol. The maximum atomic E-state index is 15.3. The molecule has 7 aliphatic rings. The third-order valence-electron chi connectivity index (χ3n) is 15.8. The van der Waals surface area contributed by atoms with E-state index >= 15 is 4.79 Å². The Morgan fingerprint density at radius 1 is 0.822 bits per heavy atom. The summed E-state index contributed by atoms with van der Waals surface area (Å²) >= 11 is 1.49. The number of methoxy groups -OCH3 is 2. The summed E-state index contributed by atoms with van der Waals surface area (Å²) < 4.78 is 49.9. The van der Waals surface area contributed by atoms with E-state index in [4.69, 9.17) is 37.9 Å². The lowest BCUT2D eigenvalue weighted by molar-refractivity contribution is -0.157. The van der Waals surface area contributed by atoms with Crippen molar-refractivity contribution in [3.05, 3.63) is 62.7 Å². The lowest BCUT2D eigenvalue weighted by Crippen LogP contribution is -2.69. The van der Waals surface area contributed by atoms with Crippen LogP contribution in [0.15, 0.2) is 18.2 Å². The molecule has 17 heteroatoms. The fourth-order valence-corrected chi connectivity index (χ4v) is 14.1. The summed E-state index contributed by atoms with van der Waals surface area (Å²) in [5.41, 5.74) is 4.40. The van der Waals surface area contributed by atoms with Gasteiger partial charge in [-0.05, 0) is 81.0 Å². The van der Waals surface area contributed by atoms with Crippen LogP contribution in [0, 0.1) is 25.2 Å². The van der Waals surface area contributed by atoms with Crippen molar-refractivity contribution in [3.8, 4) is 46.3 Å². The Morgan fingerprint density at radius 2 is 1.52 bits per heavy atom.